The number of hydrogen-bond acceptors (Lipinski definition) is 1. The Morgan fingerprint density at radius 1 is 1.62 bits per heavy atom. The fraction of sp³-hybridized carbons (Fsp3) is 0.857. The quantitative estimate of drug-likeness (QED) is 0.466. The molecule has 44 valence electrons. The topological polar surface area (TPSA) is 23.8 Å². The van der Waals surface area contributed by atoms with Gasteiger partial charge in [-0.15, -0.1) is 0 Å². The van der Waals surface area contributed by atoms with Crippen LogP contribution in [-0.2, 0) is 0 Å². The summed E-state index contributed by atoms with van der Waals surface area (Å²) in [7, 11) is 0. The highest BCUT2D eigenvalue weighted by atomic mass is 14.4. The largest absolute Gasteiger partial charge is 0.198 e. The summed E-state index contributed by atoms with van der Waals surface area (Å²) in [5.74, 6) is 0.791. The molecule has 0 N–H and O–H groups in total. The van der Waals surface area contributed by atoms with Gasteiger partial charge in [0.1, 0.15) is 0 Å². The summed E-state index contributed by atoms with van der Waals surface area (Å²) in [6.45, 7) is 4.23. The van der Waals surface area contributed by atoms with Gasteiger partial charge in [-0.25, -0.2) is 0 Å². The summed E-state index contributed by atoms with van der Waals surface area (Å²) >= 11 is 0. The van der Waals surface area contributed by atoms with Gasteiger partial charge in [0.15, 0.2) is 0 Å². The van der Waals surface area contributed by atoms with Crippen molar-refractivity contribution < 1.29 is 0 Å². The molecule has 1 nitrogen and oxygen atoms in total. The number of nitriles is 1. The van der Waals surface area contributed by atoms with Gasteiger partial charge in [-0.1, -0.05) is 6.92 Å². The molecule has 0 unspecified atom stereocenters. The molecule has 0 radical (unpaired) electrons. The van der Waals surface area contributed by atoms with Crippen LogP contribution in [0.15, 0.2) is 0 Å². The maximum absolute atomic E-state index is 8.51. The predicted octanol–water partition coefficient (Wildman–Crippen LogP) is 1.95. The van der Waals surface area contributed by atoms with Crippen molar-refractivity contribution in [1.82, 2.24) is 0 Å². The van der Waals surface area contributed by atoms with Crippen molar-refractivity contribution in [2.75, 3.05) is 0 Å². The van der Waals surface area contributed by atoms with Gasteiger partial charge in [0.25, 0.3) is 0 Å². The molecular weight excluding hydrogens is 98.1 g/mol. The van der Waals surface area contributed by atoms with Crippen molar-refractivity contribution in [3.8, 4) is 6.07 Å². The van der Waals surface area contributed by atoms with Crippen LogP contribution in [0.4, 0.5) is 0 Å². The van der Waals surface area contributed by atoms with Crippen LogP contribution in [0.1, 0.15) is 26.7 Å². The monoisotopic (exact) mass is 109 g/mol. The van der Waals surface area contributed by atoms with Crippen molar-refractivity contribution in [3.63, 3.8) is 0 Å². The molecule has 0 aromatic heterocycles. The first-order chi connectivity index (χ1) is 3.66. The molecule has 0 amide bonds. The maximum atomic E-state index is 8.51. The zero-order chi connectivity index (χ0) is 6.20. The molecule has 0 bridgehead atoms. The Morgan fingerprint density at radius 2 is 2.12 bits per heavy atom. The molecule has 1 fully saturated rings. The molecule has 1 aliphatic carbocycles. The van der Waals surface area contributed by atoms with E-state index in [1.165, 1.54) is 0 Å². The second kappa shape index (κ2) is 1.48. The van der Waals surface area contributed by atoms with E-state index in [0.717, 1.165) is 18.8 Å². The van der Waals surface area contributed by atoms with Crippen molar-refractivity contribution >= 4 is 0 Å². The zero-order valence-electron chi connectivity index (χ0n) is 5.44. The third kappa shape index (κ3) is 0.709. The van der Waals surface area contributed by atoms with Gasteiger partial charge < -0.3 is 0 Å². The Hall–Kier alpha value is -0.510. The standard InChI is InChI=1S/C7H11N/c1-6-3-7(2,4-6)5-8/h6H,3-4H2,1-2H3. The lowest BCUT2D eigenvalue weighted by Gasteiger charge is -2.37. The minimum Gasteiger partial charge on any atom is -0.198 e. The molecule has 1 rings (SSSR count). The van der Waals surface area contributed by atoms with E-state index >= 15 is 0 Å². The Balaban J connectivity index is 2.44. The molecule has 0 aromatic carbocycles. The molecule has 0 heterocycles. The highest BCUT2D eigenvalue weighted by Gasteiger charge is 2.37. The first-order valence-corrected chi connectivity index (χ1v) is 3.07. The smallest absolute Gasteiger partial charge is 0.0687 e. The molecule has 0 saturated heterocycles. The first-order valence-electron chi connectivity index (χ1n) is 3.07. The third-order valence-corrected chi connectivity index (χ3v) is 1.87. The van der Waals surface area contributed by atoms with Crippen LogP contribution in [-0.4, -0.2) is 0 Å². The summed E-state index contributed by atoms with van der Waals surface area (Å²) in [6, 6.07) is 2.31. The lowest BCUT2D eigenvalue weighted by atomic mass is 9.65. The summed E-state index contributed by atoms with van der Waals surface area (Å²) in [5, 5.41) is 8.51. The molecule has 0 spiro atoms. The van der Waals surface area contributed by atoms with Gasteiger partial charge in [-0.05, 0) is 25.7 Å². The SMILES string of the molecule is CC1CC(C)(C#N)C1. The van der Waals surface area contributed by atoms with Gasteiger partial charge in [0.2, 0.25) is 0 Å². The van der Waals surface area contributed by atoms with Crippen LogP contribution in [0.3, 0.4) is 0 Å². The van der Waals surface area contributed by atoms with Gasteiger partial charge in [-0.2, -0.15) is 5.26 Å². The summed E-state index contributed by atoms with van der Waals surface area (Å²) in [6.07, 6.45) is 2.20. The van der Waals surface area contributed by atoms with E-state index in [4.69, 9.17) is 5.26 Å². The minimum absolute atomic E-state index is 0.0411. The number of rotatable bonds is 0. The first kappa shape index (κ1) is 5.62. The Morgan fingerprint density at radius 3 is 2.25 bits per heavy atom. The van der Waals surface area contributed by atoms with E-state index in [1.807, 2.05) is 6.92 Å². The van der Waals surface area contributed by atoms with Crippen LogP contribution in [0, 0.1) is 22.7 Å². The Kier molecular flexibility index (Phi) is 1.04. The molecule has 1 heteroatoms. The van der Waals surface area contributed by atoms with Gasteiger partial charge in [0, 0.05) is 0 Å². The average Bonchev–Trinajstić information content (AvgIpc) is 1.63. The highest BCUT2D eigenvalue weighted by molar-refractivity contribution is 5.03. The summed E-state index contributed by atoms with van der Waals surface area (Å²) < 4.78 is 0. The Bertz CT molecular complexity index is 126. The second-order valence-corrected chi connectivity index (χ2v) is 3.19. The average molecular weight is 109 g/mol. The number of nitrogens with zero attached hydrogens (tertiary/aromatic N) is 1. The van der Waals surface area contributed by atoms with E-state index in [2.05, 4.69) is 13.0 Å². The fourth-order valence-electron chi connectivity index (χ4n) is 1.57. The van der Waals surface area contributed by atoms with E-state index in [1.54, 1.807) is 0 Å². The van der Waals surface area contributed by atoms with E-state index in [9.17, 15) is 0 Å². The van der Waals surface area contributed by atoms with Crippen LogP contribution in [0.5, 0.6) is 0 Å². The van der Waals surface area contributed by atoms with Crippen LogP contribution in [0.2, 0.25) is 0 Å². The molecule has 8 heavy (non-hydrogen) atoms. The molecule has 0 aromatic rings. The predicted molar refractivity (Wildman–Crippen MR) is 32.1 cm³/mol. The second-order valence-electron chi connectivity index (χ2n) is 3.19. The lowest BCUT2D eigenvalue weighted by Crippen LogP contribution is -2.30. The summed E-state index contributed by atoms with van der Waals surface area (Å²) in [4.78, 5) is 0. The Labute approximate surface area is 50.3 Å². The zero-order valence-corrected chi connectivity index (χ0v) is 5.44. The van der Waals surface area contributed by atoms with E-state index < -0.39 is 0 Å². The third-order valence-electron chi connectivity index (χ3n) is 1.87. The molecule has 0 atom stereocenters. The van der Waals surface area contributed by atoms with Crippen LogP contribution < -0.4 is 0 Å². The molecular formula is C7H11N. The van der Waals surface area contributed by atoms with E-state index in [0.29, 0.717) is 0 Å². The fourth-order valence-corrected chi connectivity index (χ4v) is 1.57. The van der Waals surface area contributed by atoms with Crippen LogP contribution >= 0.6 is 0 Å². The normalized spacial score (nSPS) is 44.9. The van der Waals surface area contributed by atoms with Gasteiger partial charge >= 0.3 is 0 Å². The maximum Gasteiger partial charge on any atom is 0.0687 e. The van der Waals surface area contributed by atoms with Crippen molar-refractivity contribution in [2.24, 2.45) is 11.3 Å². The molecule has 1 aliphatic rings. The lowest BCUT2D eigenvalue weighted by molar-refractivity contribution is 0.154. The highest BCUT2D eigenvalue weighted by Crippen LogP contribution is 2.43. The number of hydrogen-bond donors (Lipinski definition) is 0. The van der Waals surface area contributed by atoms with Gasteiger partial charge in [-0.3, -0.25) is 0 Å². The van der Waals surface area contributed by atoms with Crippen molar-refractivity contribution in [3.05, 3.63) is 0 Å². The van der Waals surface area contributed by atoms with Crippen molar-refractivity contribution in [1.29, 1.82) is 5.26 Å². The molecule has 1 saturated carbocycles. The van der Waals surface area contributed by atoms with Crippen LogP contribution in [0.25, 0.3) is 0 Å². The minimum atomic E-state index is 0.0411. The van der Waals surface area contributed by atoms with Crippen molar-refractivity contribution in [2.45, 2.75) is 26.7 Å². The summed E-state index contributed by atoms with van der Waals surface area (Å²) in [5.41, 5.74) is 0.0411. The van der Waals surface area contributed by atoms with E-state index in [-0.39, 0.29) is 5.41 Å². The van der Waals surface area contributed by atoms with Gasteiger partial charge in [0.05, 0.1) is 11.5 Å². The molecule has 0 aliphatic heterocycles.